The molecule has 0 saturated heterocycles. The van der Waals surface area contributed by atoms with Crippen LogP contribution in [0, 0.1) is 0 Å². The zero-order valence-electron chi connectivity index (χ0n) is 3.89. The van der Waals surface area contributed by atoms with Crippen LogP contribution < -0.4 is 55.5 Å². The van der Waals surface area contributed by atoms with E-state index >= 15 is 0 Å². The van der Waals surface area contributed by atoms with E-state index in [0.717, 1.165) is 0 Å². The second-order valence-corrected chi connectivity index (χ2v) is 0.289. The second-order valence-electron chi connectivity index (χ2n) is 0.0962. The van der Waals surface area contributed by atoms with E-state index in [9.17, 15) is 0 Å². The molecular weight excluding hydrogens is 146 g/mol. The monoisotopic (exact) mass is 152 g/mol. The molecule has 0 aliphatic heterocycles. The summed E-state index contributed by atoms with van der Waals surface area (Å²) in [6.45, 7) is 0. The van der Waals surface area contributed by atoms with Crippen molar-refractivity contribution in [3.63, 3.8) is 0 Å². The molecule has 0 spiro atoms. The van der Waals surface area contributed by atoms with Gasteiger partial charge in [0.25, 0.3) is 0 Å². The van der Waals surface area contributed by atoms with Crippen LogP contribution in [-0.2, 0) is 3.80 Å². The van der Waals surface area contributed by atoms with E-state index < -0.39 is 15.5 Å². The van der Waals surface area contributed by atoms with Crippen LogP contribution in [0.3, 0.4) is 0 Å². The molecule has 6 N–H and O–H groups in total. The van der Waals surface area contributed by atoms with Crippen LogP contribution >= 0.6 is 0 Å². The summed E-state index contributed by atoms with van der Waals surface area (Å²) < 4.78 is 16.9. The van der Waals surface area contributed by atoms with Gasteiger partial charge in [0.15, 0.2) is 0 Å². The van der Waals surface area contributed by atoms with Crippen molar-refractivity contribution in [3.05, 3.63) is 0 Å². The van der Waals surface area contributed by atoms with E-state index in [-0.39, 0.29) is 67.8 Å². The van der Waals surface area contributed by atoms with Crippen LogP contribution in [0.1, 0.15) is 0 Å². The summed E-state index contributed by atoms with van der Waals surface area (Å²) in [6.07, 6.45) is 0. The van der Waals surface area contributed by atoms with Gasteiger partial charge in [0.05, 0.1) is 0 Å². The predicted molar refractivity (Wildman–Crippen MR) is 17.3 cm³/mol. The Morgan fingerprint density at radius 3 is 1.14 bits per heavy atom. The third-order valence-corrected chi connectivity index (χ3v) is 0. The Morgan fingerprint density at radius 1 is 1.14 bits per heavy atom. The van der Waals surface area contributed by atoms with Crippen LogP contribution in [0.25, 0.3) is 0 Å². The predicted octanol–water partition coefficient (Wildman–Crippen LogP) is -7.16. The Morgan fingerprint density at radius 2 is 1.14 bits per heavy atom. The zero-order valence-corrected chi connectivity index (χ0v) is 8.17. The Balaban J connectivity index is -0.00000000333. The molecule has 7 heavy (non-hydrogen) atoms. The molecular formula is H6AlKO5. The van der Waals surface area contributed by atoms with Crippen LogP contribution in [0.5, 0.6) is 0 Å². The van der Waals surface area contributed by atoms with Crippen molar-refractivity contribution in [2.75, 3.05) is 0 Å². The molecule has 0 bridgehead atoms. The van der Waals surface area contributed by atoms with Crippen LogP contribution in [0.4, 0.5) is 0 Å². The third-order valence-electron chi connectivity index (χ3n) is 0. The molecule has 0 aliphatic rings. The quantitative estimate of drug-likeness (QED) is 0.319. The molecule has 0 rings (SSSR count). The summed E-state index contributed by atoms with van der Waals surface area (Å²) in [7, 11) is 0. The molecule has 0 radical (unpaired) electrons. The minimum absolute atomic E-state index is 0. The Labute approximate surface area is 89.7 Å². The summed E-state index contributed by atoms with van der Waals surface area (Å²) >= 11 is -1.75. The fourth-order valence-corrected chi connectivity index (χ4v) is 0. The summed E-state index contributed by atoms with van der Waals surface area (Å²) in [6, 6.07) is 0. The molecule has 0 fully saturated rings. The maximum atomic E-state index is 8.46. The van der Waals surface area contributed by atoms with Crippen molar-refractivity contribution in [1.29, 1.82) is 0 Å². The normalized spacial score (nSPS) is 1.14. The van der Waals surface area contributed by atoms with E-state index in [4.69, 9.17) is 7.96 Å². The van der Waals surface area contributed by atoms with E-state index in [0.29, 0.717) is 0 Å². The average Bonchev–Trinajstić information content (AvgIpc) is 0.918. The van der Waals surface area contributed by atoms with Crippen LogP contribution in [0.2, 0.25) is 0 Å². The molecule has 0 aromatic rings. The fourth-order valence-electron chi connectivity index (χ4n) is 0. The average molecular weight is 152 g/mol. The second kappa shape index (κ2) is 48.2. The first-order valence-corrected chi connectivity index (χ1v) is 1.41. The Hall–Kier alpha value is 1.65. The van der Waals surface area contributed by atoms with Gasteiger partial charge in [0.2, 0.25) is 0 Å². The van der Waals surface area contributed by atoms with Gasteiger partial charge in [-0.1, -0.05) is 0 Å². The van der Waals surface area contributed by atoms with E-state index in [1.54, 1.807) is 0 Å². The fraction of sp³-hybridized carbons (Fsp3) is 0. The molecule has 0 aromatic carbocycles. The van der Waals surface area contributed by atoms with Gasteiger partial charge in [-0.3, -0.25) is 0 Å². The molecule has 0 amide bonds. The van der Waals surface area contributed by atoms with Gasteiger partial charge in [0, 0.05) is 0 Å². The number of hydrogen-bond acceptors (Lipinski definition) is 2. The summed E-state index contributed by atoms with van der Waals surface area (Å²) in [4.78, 5) is 0. The zero-order chi connectivity index (χ0) is 2.71. The first-order chi connectivity index (χ1) is 1.41. The van der Waals surface area contributed by atoms with Crippen molar-refractivity contribution < 1.29 is 75.8 Å². The van der Waals surface area contributed by atoms with E-state index in [2.05, 4.69) is 0 Å². The summed E-state index contributed by atoms with van der Waals surface area (Å²) in [5.41, 5.74) is 0. The number of rotatable bonds is 0. The van der Waals surface area contributed by atoms with Gasteiger partial charge >= 0.3 is 74.8 Å². The SMILES string of the molecule is O.O.O.[K+].[O]=[Al][O-]. The standard InChI is InChI=1S/Al.K.3H2O.2O/h;;3*1H2;;/q;+1;;;;;-1. The molecule has 0 aromatic heterocycles. The maximum absolute atomic E-state index is 8.46. The van der Waals surface area contributed by atoms with Gasteiger partial charge in [-0.25, -0.2) is 0 Å². The summed E-state index contributed by atoms with van der Waals surface area (Å²) in [5, 5.41) is 0. The van der Waals surface area contributed by atoms with Crippen molar-refractivity contribution >= 4 is 15.5 Å². The van der Waals surface area contributed by atoms with Crippen molar-refractivity contribution in [3.8, 4) is 0 Å². The minimum atomic E-state index is -1.75. The summed E-state index contributed by atoms with van der Waals surface area (Å²) in [5.74, 6) is 0. The van der Waals surface area contributed by atoms with Crippen molar-refractivity contribution in [1.82, 2.24) is 0 Å². The van der Waals surface area contributed by atoms with Gasteiger partial charge in [0.1, 0.15) is 0 Å². The molecule has 0 unspecified atom stereocenters. The Kier molecular flexibility index (Phi) is 262. The molecule has 40 valence electrons. The first-order valence-electron chi connectivity index (χ1n) is 0.471. The molecule has 0 aliphatic carbocycles. The Bertz CT molecular complexity index is 15.6. The number of hydrogen-bond donors (Lipinski definition) is 0. The molecule has 0 heterocycles. The van der Waals surface area contributed by atoms with Crippen LogP contribution in [-0.4, -0.2) is 31.9 Å². The molecule has 5 nitrogen and oxygen atoms in total. The van der Waals surface area contributed by atoms with E-state index in [1.165, 1.54) is 0 Å². The molecule has 0 atom stereocenters. The van der Waals surface area contributed by atoms with Crippen LogP contribution in [0.15, 0.2) is 0 Å². The first kappa shape index (κ1) is 38.0. The van der Waals surface area contributed by atoms with Crippen molar-refractivity contribution in [2.24, 2.45) is 0 Å². The third kappa shape index (κ3) is 89.8. The van der Waals surface area contributed by atoms with Gasteiger partial charge in [-0.15, -0.1) is 0 Å². The molecule has 7 heteroatoms. The topological polar surface area (TPSA) is 135 Å². The van der Waals surface area contributed by atoms with Crippen molar-refractivity contribution in [2.45, 2.75) is 0 Å². The van der Waals surface area contributed by atoms with Gasteiger partial charge in [-0.05, 0) is 0 Å². The van der Waals surface area contributed by atoms with E-state index in [1.807, 2.05) is 0 Å². The molecule has 0 saturated carbocycles. The van der Waals surface area contributed by atoms with Gasteiger partial charge in [-0.2, -0.15) is 0 Å². The van der Waals surface area contributed by atoms with Gasteiger partial charge < -0.3 is 16.4 Å².